The Hall–Kier alpha value is -1.75. The summed E-state index contributed by atoms with van der Waals surface area (Å²) in [7, 11) is 0. The molecule has 2 aromatic carbocycles. The number of carbonyl (C=O) groups is 1. The fourth-order valence-electron chi connectivity index (χ4n) is 2.37. The van der Waals surface area contributed by atoms with Crippen molar-refractivity contribution in [2.75, 3.05) is 5.32 Å². The van der Waals surface area contributed by atoms with Crippen LogP contribution in [0, 0.1) is 11.6 Å². The minimum absolute atomic E-state index is 0.184. The van der Waals surface area contributed by atoms with Gasteiger partial charge in [0.1, 0.15) is 0 Å². The standard InChI is InChI=1S/C16H12BrF2NO/c17-11-3-1-10(2-4-11)16(7-8-16)15(21)20-12-5-6-13(18)14(19)9-12/h1-6,9H,7-8H2,(H,20,21). The third-order valence-corrected chi connectivity index (χ3v) is 4.29. The number of rotatable bonds is 3. The zero-order chi connectivity index (χ0) is 15.0. The summed E-state index contributed by atoms with van der Waals surface area (Å²) in [6.07, 6.45) is 1.51. The second-order valence-electron chi connectivity index (χ2n) is 5.17. The first-order valence-corrected chi connectivity index (χ1v) is 7.33. The van der Waals surface area contributed by atoms with Gasteiger partial charge >= 0.3 is 0 Å². The van der Waals surface area contributed by atoms with Crippen LogP contribution in [0.3, 0.4) is 0 Å². The summed E-state index contributed by atoms with van der Waals surface area (Å²) in [5, 5.41) is 2.67. The van der Waals surface area contributed by atoms with Gasteiger partial charge in [-0.05, 0) is 42.7 Å². The number of hydrogen-bond donors (Lipinski definition) is 1. The SMILES string of the molecule is O=C(Nc1ccc(F)c(F)c1)C1(c2ccc(Br)cc2)CC1. The van der Waals surface area contributed by atoms with Crippen molar-refractivity contribution in [1.29, 1.82) is 0 Å². The molecule has 0 atom stereocenters. The topological polar surface area (TPSA) is 29.1 Å². The fourth-order valence-corrected chi connectivity index (χ4v) is 2.63. The van der Waals surface area contributed by atoms with E-state index in [1.165, 1.54) is 6.07 Å². The lowest BCUT2D eigenvalue weighted by Crippen LogP contribution is -2.27. The number of amides is 1. The van der Waals surface area contributed by atoms with Gasteiger partial charge in [-0.25, -0.2) is 8.78 Å². The quantitative estimate of drug-likeness (QED) is 0.872. The van der Waals surface area contributed by atoms with Crippen LogP contribution in [0.5, 0.6) is 0 Å². The molecule has 2 aromatic rings. The van der Waals surface area contributed by atoms with E-state index in [2.05, 4.69) is 21.2 Å². The van der Waals surface area contributed by atoms with E-state index in [-0.39, 0.29) is 11.6 Å². The number of carbonyl (C=O) groups excluding carboxylic acids is 1. The van der Waals surface area contributed by atoms with Crippen molar-refractivity contribution in [2.24, 2.45) is 0 Å². The average molecular weight is 352 g/mol. The normalized spacial score (nSPS) is 15.6. The predicted octanol–water partition coefficient (Wildman–Crippen LogP) is 4.40. The lowest BCUT2D eigenvalue weighted by atomic mass is 9.95. The lowest BCUT2D eigenvalue weighted by molar-refractivity contribution is -0.118. The van der Waals surface area contributed by atoms with Gasteiger partial charge in [0.25, 0.3) is 0 Å². The maximum atomic E-state index is 13.2. The Morgan fingerprint density at radius 2 is 1.71 bits per heavy atom. The highest BCUT2D eigenvalue weighted by molar-refractivity contribution is 9.10. The van der Waals surface area contributed by atoms with E-state index in [1.54, 1.807) is 0 Å². The Kier molecular flexibility index (Phi) is 3.53. The van der Waals surface area contributed by atoms with Gasteiger partial charge in [-0.2, -0.15) is 0 Å². The van der Waals surface area contributed by atoms with Gasteiger partial charge in [0.2, 0.25) is 5.91 Å². The molecule has 0 bridgehead atoms. The number of benzene rings is 2. The van der Waals surface area contributed by atoms with Crippen LogP contribution in [0.2, 0.25) is 0 Å². The molecule has 1 saturated carbocycles. The van der Waals surface area contributed by atoms with Crippen molar-refractivity contribution in [1.82, 2.24) is 0 Å². The average Bonchev–Trinajstić information content (AvgIpc) is 3.25. The Bertz CT molecular complexity index is 696. The predicted molar refractivity (Wildman–Crippen MR) is 80.0 cm³/mol. The van der Waals surface area contributed by atoms with Crippen LogP contribution in [0.25, 0.3) is 0 Å². The monoisotopic (exact) mass is 351 g/mol. The van der Waals surface area contributed by atoms with E-state index < -0.39 is 17.0 Å². The first-order chi connectivity index (χ1) is 10.0. The van der Waals surface area contributed by atoms with Gasteiger partial charge in [0, 0.05) is 16.2 Å². The molecule has 1 fully saturated rings. The van der Waals surface area contributed by atoms with E-state index in [4.69, 9.17) is 0 Å². The minimum atomic E-state index is -0.971. The molecule has 0 aliphatic heterocycles. The summed E-state index contributed by atoms with van der Waals surface area (Å²) in [6, 6.07) is 10.9. The van der Waals surface area contributed by atoms with Gasteiger partial charge in [-0.15, -0.1) is 0 Å². The highest BCUT2D eigenvalue weighted by Gasteiger charge is 2.51. The van der Waals surface area contributed by atoms with Crippen molar-refractivity contribution >= 4 is 27.5 Å². The van der Waals surface area contributed by atoms with Crippen LogP contribution in [-0.2, 0) is 10.2 Å². The molecule has 108 valence electrons. The van der Waals surface area contributed by atoms with Crippen molar-refractivity contribution < 1.29 is 13.6 Å². The largest absolute Gasteiger partial charge is 0.325 e. The first kappa shape index (κ1) is 14.2. The molecule has 1 amide bonds. The third kappa shape index (κ3) is 2.70. The maximum Gasteiger partial charge on any atom is 0.235 e. The Morgan fingerprint density at radius 3 is 2.29 bits per heavy atom. The van der Waals surface area contributed by atoms with E-state index >= 15 is 0 Å². The van der Waals surface area contributed by atoms with Crippen LogP contribution in [0.1, 0.15) is 18.4 Å². The number of halogens is 3. The molecule has 0 aromatic heterocycles. The summed E-state index contributed by atoms with van der Waals surface area (Å²) in [4.78, 5) is 12.4. The number of nitrogens with one attached hydrogen (secondary N) is 1. The number of anilines is 1. The molecule has 0 unspecified atom stereocenters. The number of hydrogen-bond acceptors (Lipinski definition) is 1. The molecule has 21 heavy (non-hydrogen) atoms. The Labute approximate surface area is 129 Å². The molecule has 0 radical (unpaired) electrons. The van der Waals surface area contributed by atoms with Gasteiger partial charge in [-0.1, -0.05) is 28.1 Å². The van der Waals surface area contributed by atoms with Crippen LogP contribution < -0.4 is 5.32 Å². The highest BCUT2D eigenvalue weighted by Crippen LogP contribution is 2.49. The molecule has 0 spiro atoms. The van der Waals surface area contributed by atoms with Crippen molar-refractivity contribution in [3.05, 3.63) is 64.1 Å². The highest BCUT2D eigenvalue weighted by atomic mass is 79.9. The smallest absolute Gasteiger partial charge is 0.235 e. The van der Waals surface area contributed by atoms with Gasteiger partial charge in [0.15, 0.2) is 11.6 Å². The van der Waals surface area contributed by atoms with E-state index in [0.29, 0.717) is 0 Å². The molecule has 3 rings (SSSR count). The van der Waals surface area contributed by atoms with Crippen LogP contribution in [0.15, 0.2) is 46.9 Å². The van der Waals surface area contributed by atoms with Crippen LogP contribution in [-0.4, -0.2) is 5.91 Å². The molecule has 2 nitrogen and oxygen atoms in total. The van der Waals surface area contributed by atoms with Crippen LogP contribution in [0.4, 0.5) is 14.5 Å². The summed E-state index contributed by atoms with van der Waals surface area (Å²) in [5.74, 6) is -2.08. The van der Waals surface area contributed by atoms with E-state index in [9.17, 15) is 13.6 Å². The molecular formula is C16H12BrF2NO. The summed E-state index contributed by atoms with van der Waals surface area (Å²) in [6.45, 7) is 0. The Morgan fingerprint density at radius 1 is 1.05 bits per heavy atom. The van der Waals surface area contributed by atoms with Crippen molar-refractivity contribution in [3.63, 3.8) is 0 Å². The third-order valence-electron chi connectivity index (χ3n) is 3.76. The van der Waals surface area contributed by atoms with Gasteiger partial charge < -0.3 is 5.32 Å². The molecular weight excluding hydrogens is 340 g/mol. The minimum Gasteiger partial charge on any atom is -0.325 e. The summed E-state index contributed by atoms with van der Waals surface area (Å²) in [5.41, 5.74) is 0.652. The molecule has 0 heterocycles. The second-order valence-corrected chi connectivity index (χ2v) is 6.09. The molecule has 5 heteroatoms. The van der Waals surface area contributed by atoms with E-state index in [1.807, 2.05) is 24.3 Å². The Balaban J connectivity index is 1.81. The maximum absolute atomic E-state index is 13.2. The zero-order valence-electron chi connectivity index (χ0n) is 11.0. The molecule has 1 N–H and O–H groups in total. The lowest BCUT2D eigenvalue weighted by Gasteiger charge is -2.16. The zero-order valence-corrected chi connectivity index (χ0v) is 12.6. The van der Waals surface area contributed by atoms with Gasteiger partial charge in [0.05, 0.1) is 5.41 Å². The molecule has 1 aliphatic carbocycles. The molecule has 1 aliphatic rings. The van der Waals surface area contributed by atoms with Crippen LogP contribution >= 0.6 is 15.9 Å². The summed E-state index contributed by atoms with van der Waals surface area (Å²) < 4.78 is 27.0. The molecule has 0 saturated heterocycles. The van der Waals surface area contributed by atoms with Gasteiger partial charge in [-0.3, -0.25) is 4.79 Å². The second kappa shape index (κ2) is 5.22. The first-order valence-electron chi connectivity index (χ1n) is 6.54. The van der Waals surface area contributed by atoms with E-state index in [0.717, 1.165) is 35.0 Å². The fraction of sp³-hybridized carbons (Fsp3) is 0.188. The van der Waals surface area contributed by atoms with Crippen molar-refractivity contribution in [2.45, 2.75) is 18.3 Å². The van der Waals surface area contributed by atoms with Crippen molar-refractivity contribution in [3.8, 4) is 0 Å². The summed E-state index contributed by atoms with van der Waals surface area (Å²) >= 11 is 3.36.